The molecule has 0 bridgehead atoms. The van der Waals surface area contributed by atoms with Gasteiger partial charge in [-0.3, -0.25) is 9.59 Å². The molecule has 0 saturated carbocycles. The van der Waals surface area contributed by atoms with Gasteiger partial charge in [-0.25, -0.2) is 0 Å². The van der Waals surface area contributed by atoms with Crippen molar-refractivity contribution in [1.29, 1.82) is 0 Å². The Morgan fingerprint density at radius 2 is 1.64 bits per heavy atom. The predicted molar refractivity (Wildman–Crippen MR) is 98.4 cm³/mol. The Morgan fingerprint density at radius 1 is 1.00 bits per heavy atom. The van der Waals surface area contributed by atoms with Crippen molar-refractivity contribution in [1.82, 2.24) is 5.32 Å². The normalized spacial score (nSPS) is 12.4. The van der Waals surface area contributed by atoms with Crippen molar-refractivity contribution in [3.63, 3.8) is 0 Å². The number of aliphatic hydroxyl groups excluding tert-OH is 1. The van der Waals surface area contributed by atoms with Gasteiger partial charge in [0.1, 0.15) is 0 Å². The van der Waals surface area contributed by atoms with E-state index in [1.165, 1.54) is 0 Å². The molecule has 0 unspecified atom stereocenters. The maximum Gasteiger partial charge on any atom is 0.257 e. The molecule has 3 N–H and O–H groups in total. The van der Waals surface area contributed by atoms with Gasteiger partial charge in [-0.15, -0.1) is 0 Å². The van der Waals surface area contributed by atoms with Crippen LogP contribution in [0.4, 0.5) is 5.69 Å². The van der Waals surface area contributed by atoms with Crippen LogP contribution in [-0.4, -0.2) is 22.5 Å². The van der Waals surface area contributed by atoms with E-state index in [0.717, 1.165) is 0 Å². The van der Waals surface area contributed by atoms with E-state index in [0.29, 0.717) is 22.4 Å². The molecular formula is C20H24N2O3. The molecule has 2 aromatic carbocycles. The Kier molecular flexibility index (Phi) is 5.59. The molecule has 2 amide bonds. The van der Waals surface area contributed by atoms with Crippen LogP contribution in [0, 0.1) is 6.92 Å². The fraction of sp³-hybridized carbons (Fsp3) is 0.300. The first-order valence-corrected chi connectivity index (χ1v) is 8.15. The molecule has 0 aromatic heterocycles. The number of benzene rings is 2. The van der Waals surface area contributed by atoms with Gasteiger partial charge in [-0.05, 0) is 51.0 Å². The Hall–Kier alpha value is -2.66. The van der Waals surface area contributed by atoms with Crippen LogP contribution in [0.25, 0.3) is 0 Å². The first-order valence-electron chi connectivity index (χ1n) is 8.15. The SMILES string of the molecule is Cc1c(NC(=O)[C@@H](O)c2ccccc2)cccc1C(=O)NC(C)(C)C. The lowest BCUT2D eigenvalue weighted by Crippen LogP contribution is -2.40. The van der Waals surface area contributed by atoms with Crippen LogP contribution in [-0.2, 0) is 4.79 Å². The van der Waals surface area contributed by atoms with Gasteiger partial charge in [0.25, 0.3) is 11.8 Å². The second kappa shape index (κ2) is 7.49. The van der Waals surface area contributed by atoms with E-state index in [4.69, 9.17) is 0 Å². The molecule has 0 spiro atoms. The number of hydrogen-bond acceptors (Lipinski definition) is 3. The number of amides is 2. The van der Waals surface area contributed by atoms with Crippen LogP contribution in [0.15, 0.2) is 48.5 Å². The second-order valence-electron chi connectivity index (χ2n) is 6.98. The minimum absolute atomic E-state index is 0.204. The number of rotatable bonds is 4. The van der Waals surface area contributed by atoms with E-state index in [1.807, 2.05) is 26.8 Å². The van der Waals surface area contributed by atoms with Crippen molar-refractivity contribution < 1.29 is 14.7 Å². The van der Waals surface area contributed by atoms with Gasteiger partial charge >= 0.3 is 0 Å². The summed E-state index contributed by atoms with van der Waals surface area (Å²) >= 11 is 0. The van der Waals surface area contributed by atoms with Crippen LogP contribution < -0.4 is 10.6 Å². The number of carbonyl (C=O) groups is 2. The van der Waals surface area contributed by atoms with E-state index in [2.05, 4.69) is 10.6 Å². The average molecular weight is 340 g/mol. The standard InChI is InChI=1S/C20H24N2O3/c1-13-15(18(24)22-20(2,3)4)11-8-12-16(13)21-19(25)17(23)14-9-6-5-7-10-14/h5-12,17,23H,1-4H3,(H,21,25)(H,22,24)/t17-/m0/s1. The molecule has 0 fully saturated rings. The molecule has 25 heavy (non-hydrogen) atoms. The average Bonchev–Trinajstić information content (AvgIpc) is 2.55. The molecule has 0 aliphatic carbocycles. The number of aliphatic hydroxyl groups is 1. The van der Waals surface area contributed by atoms with Crippen molar-refractivity contribution in [3.05, 3.63) is 65.2 Å². The lowest BCUT2D eigenvalue weighted by Gasteiger charge is -2.22. The highest BCUT2D eigenvalue weighted by Gasteiger charge is 2.21. The first kappa shape index (κ1) is 18.7. The van der Waals surface area contributed by atoms with Gasteiger partial charge < -0.3 is 15.7 Å². The lowest BCUT2D eigenvalue weighted by molar-refractivity contribution is -0.124. The Balaban J connectivity index is 2.19. The quantitative estimate of drug-likeness (QED) is 0.800. The molecule has 5 nitrogen and oxygen atoms in total. The van der Waals surface area contributed by atoms with E-state index >= 15 is 0 Å². The minimum Gasteiger partial charge on any atom is -0.378 e. The Labute approximate surface area is 148 Å². The summed E-state index contributed by atoms with van der Waals surface area (Å²) < 4.78 is 0. The molecular weight excluding hydrogens is 316 g/mol. The molecule has 0 heterocycles. The summed E-state index contributed by atoms with van der Waals surface area (Å²) in [6.45, 7) is 7.48. The molecule has 1 atom stereocenters. The third kappa shape index (κ3) is 4.90. The second-order valence-corrected chi connectivity index (χ2v) is 6.98. The monoisotopic (exact) mass is 340 g/mol. The summed E-state index contributed by atoms with van der Waals surface area (Å²) in [6.07, 6.45) is -1.27. The van der Waals surface area contributed by atoms with Crippen molar-refractivity contribution in [2.75, 3.05) is 5.32 Å². The minimum atomic E-state index is -1.27. The molecule has 0 radical (unpaired) electrons. The molecule has 0 aliphatic rings. The highest BCUT2D eigenvalue weighted by molar-refractivity contribution is 6.00. The summed E-state index contributed by atoms with van der Waals surface area (Å²) in [5.41, 5.74) is 1.80. The number of nitrogens with one attached hydrogen (secondary N) is 2. The van der Waals surface area contributed by atoms with Gasteiger partial charge in [0.05, 0.1) is 0 Å². The van der Waals surface area contributed by atoms with Crippen molar-refractivity contribution in [2.24, 2.45) is 0 Å². The van der Waals surface area contributed by atoms with Gasteiger partial charge in [0.15, 0.2) is 6.10 Å². The third-order valence-corrected chi connectivity index (χ3v) is 3.69. The van der Waals surface area contributed by atoms with Crippen LogP contribution >= 0.6 is 0 Å². The van der Waals surface area contributed by atoms with Crippen LogP contribution in [0.5, 0.6) is 0 Å². The molecule has 2 rings (SSSR count). The predicted octanol–water partition coefficient (Wildman–Crippen LogP) is 3.20. The van der Waals surface area contributed by atoms with Crippen LogP contribution in [0.2, 0.25) is 0 Å². The molecule has 5 heteroatoms. The first-order chi connectivity index (χ1) is 11.7. The van der Waals surface area contributed by atoms with E-state index < -0.39 is 12.0 Å². The zero-order chi connectivity index (χ0) is 18.6. The third-order valence-electron chi connectivity index (χ3n) is 3.69. The van der Waals surface area contributed by atoms with E-state index in [9.17, 15) is 14.7 Å². The Bertz CT molecular complexity index is 764. The number of hydrogen-bond donors (Lipinski definition) is 3. The summed E-state index contributed by atoms with van der Waals surface area (Å²) in [4.78, 5) is 24.7. The molecule has 0 aliphatic heterocycles. The highest BCUT2D eigenvalue weighted by atomic mass is 16.3. The summed E-state index contributed by atoms with van der Waals surface area (Å²) in [6, 6.07) is 13.8. The lowest BCUT2D eigenvalue weighted by atomic mass is 10.0. The maximum atomic E-state index is 12.4. The highest BCUT2D eigenvalue weighted by Crippen LogP contribution is 2.22. The van der Waals surface area contributed by atoms with Gasteiger partial charge in [-0.1, -0.05) is 36.4 Å². The van der Waals surface area contributed by atoms with E-state index in [-0.39, 0.29) is 11.4 Å². The molecule has 2 aromatic rings. The Morgan fingerprint density at radius 3 is 2.24 bits per heavy atom. The summed E-state index contributed by atoms with van der Waals surface area (Å²) in [5.74, 6) is -0.743. The van der Waals surface area contributed by atoms with E-state index in [1.54, 1.807) is 49.4 Å². The van der Waals surface area contributed by atoms with Crippen LogP contribution in [0.1, 0.15) is 48.4 Å². The molecule has 0 saturated heterocycles. The zero-order valence-corrected chi connectivity index (χ0v) is 15.0. The summed E-state index contributed by atoms with van der Waals surface area (Å²) in [5, 5.41) is 15.8. The topological polar surface area (TPSA) is 78.4 Å². The fourth-order valence-electron chi connectivity index (χ4n) is 2.41. The van der Waals surface area contributed by atoms with Crippen LogP contribution in [0.3, 0.4) is 0 Å². The van der Waals surface area contributed by atoms with Gasteiger partial charge in [0.2, 0.25) is 0 Å². The van der Waals surface area contributed by atoms with Gasteiger partial charge in [-0.2, -0.15) is 0 Å². The van der Waals surface area contributed by atoms with Crippen molar-refractivity contribution in [2.45, 2.75) is 39.3 Å². The largest absolute Gasteiger partial charge is 0.378 e. The smallest absolute Gasteiger partial charge is 0.257 e. The fourth-order valence-corrected chi connectivity index (χ4v) is 2.41. The van der Waals surface area contributed by atoms with Crippen molar-refractivity contribution >= 4 is 17.5 Å². The summed E-state index contributed by atoms with van der Waals surface area (Å²) in [7, 11) is 0. The number of carbonyl (C=O) groups excluding carboxylic acids is 2. The molecule has 132 valence electrons. The maximum absolute atomic E-state index is 12.4. The van der Waals surface area contributed by atoms with Gasteiger partial charge in [0, 0.05) is 16.8 Å². The number of anilines is 1. The van der Waals surface area contributed by atoms with Crippen molar-refractivity contribution in [3.8, 4) is 0 Å². The zero-order valence-electron chi connectivity index (χ0n) is 15.0.